The zero-order valence-corrected chi connectivity index (χ0v) is 14.4. The van der Waals surface area contributed by atoms with Gasteiger partial charge in [-0.3, -0.25) is 14.7 Å². The van der Waals surface area contributed by atoms with Crippen LogP contribution in [0.4, 0.5) is 5.69 Å². The zero-order chi connectivity index (χ0) is 17.0. The maximum atomic E-state index is 12.7. The maximum Gasteiger partial charge on any atom is 0.246 e. The Hall–Kier alpha value is -2.11. The minimum absolute atomic E-state index is 0.164. The molecule has 0 spiro atoms. The van der Waals surface area contributed by atoms with Crippen molar-refractivity contribution in [2.24, 2.45) is 0 Å². The Morgan fingerprint density at radius 2 is 2.13 bits per heavy atom. The van der Waals surface area contributed by atoms with E-state index in [4.69, 9.17) is 16.3 Å². The van der Waals surface area contributed by atoms with Gasteiger partial charge in [0.15, 0.2) is 0 Å². The second-order valence-corrected chi connectivity index (χ2v) is 5.85. The normalized spacial score (nSPS) is 12.1. The fourth-order valence-corrected chi connectivity index (χ4v) is 2.51. The van der Waals surface area contributed by atoms with Crippen LogP contribution in [0.25, 0.3) is 0 Å². The van der Waals surface area contributed by atoms with E-state index in [1.165, 1.54) is 0 Å². The van der Waals surface area contributed by atoms with Crippen molar-refractivity contribution in [2.45, 2.75) is 13.0 Å². The second kappa shape index (κ2) is 7.44. The number of ether oxygens (including phenoxy) is 1. The van der Waals surface area contributed by atoms with E-state index in [-0.39, 0.29) is 5.91 Å². The van der Waals surface area contributed by atoms with Gasteiger partial charge in [0.05, 0.1) is 12.8 Å². The third-order valence-corrected chi connectivity index (χ3v) is 3.91. The molecule has 23 heavy (non-hydrogen) atoms. The molecule has 0 aliphatic heterocycles. The van der Waals surface area contributed by atoms with E-state index in [0.29, 0.717) is 16.5 Å². The molecule has 1 aromatic heterocycles. The lowest BCUT2D eigenvalue weighted by Gasteiger charge is -2.24. The van der Waals surface area contributed by atoms with Gasteiger partial charge in [0.25, 0.3) is 0 Å². The lowest BCUT2D eigenvalue weighted by atomic mass is 10.1. The number of nitrogens with zero attached hydrogens (tertiary/aromatic N) is 2. The van der Waals surface area contributed by atoms with Crippen LogP contribution >= 0.6 is 11.6 Å². The number of hydrogen-bond acceptors (Lipinski definition) is 4. The number of aryl methyl sites for hydroxylation is 1. The Balaban J connectivity index is 2.31. The summed E-state index contributed by atoms with van der Waals surface area (Å²) in [6.07, 6.45) is 3.37. The molecule has 2 rings (SSSR count). The van der Waals surface area contributed by atoms with E-state index >= 15 is 0 Å². The average Bonchev–Trinajstić information content (AvgIpc) is 2.51. The summed E-state index contributed by atoms with van der Waals surface area (Å²) < 4.78 is 5.30. The van der Waals surface area contributed by atoms with Crippen LogP contribution in [0.2, 0.25) is 5.02 Å². The van der Waals surface area contributed by atoms with Gasteiger partial charge in [0.1, 0.15) is 11.8 Å². The van der Waals surface area contributed by atoms with Gasteiger partial charge in [-0.2, -0.15) is 0 Å². The highest BCUT2D eigenvalue weighted by Crippen LogP contribution is 2.32. The van der Waals surface area contributed by atoms with Gasteiger partial charge in [-0.1, -0.05) is 17.7 Å². The molecule has 1 aromatic carbocycles. The SMILES string of the molecule is COc1cc(Cl)c(C)cc1NC(=O)C(c1cccnc1)N(C)C. The Morgan fingerprint density at radius 3 is 2.70 bits per heavy atom. The molecular weight excluding hydrogens is 314 g/mol. The number of pyridine rings is 1. The van der Waals surface area contributed by atoms with Gasteiger partial charge in [-0.15, -0.1) is 0 Å². The van der Waals surface area contributed by atoms with E-state index in [0.717, 1.165) is 11.1 Å². The highest BCUT2D eigenvalue weighted by molar-refractivity contribution is 6.31. The van der Waals surface area contributed by atoms with E-state index in [2.05, 4.69) is 10.3 Å². The summed E-state index contributed by atoms with van der Waals surface area (Å²) >= 11 is 6.10. The van der Waals surface area contributed by atoms with Crippen molar-refractivity contribution in [3.8, 4) is 5.75 Å². The fraction of sp³-hybridized carbons (Fsp3) is 0.294. The highest BCUT2D eigenvalue weighted by Gasteiger charge is 2.24. The molecule has 0 bridgehead atoms. The number of amides is 1. The second-order valence-electron chi connectivity index (χ2n) is 5.44. The Kier molecular flexibility index (Phi) is 5.58. The van der Waals surface area contributed by atoms with Crippen molar-refractivity contribution in [3.63, 3.8) is 0 Å². The number of halogens is 1. The summed E-state index contributed by atoms with van der Waals surface area (Å²) in [5.74, 6) is 0.362. The summed E-state index contributed by atoms with van der Waals surface area (Å²) in [4.78, 5) is 18.7. The van der Waals surface area contributed by atoms with E-state index < -0.39 is 6.04 Å². The van der Waals surface area contributed by atoms with Gasteiger partial charge in [-0.25, -0.2) is 0 Å². The van der Waals surface area contributed by atoms with Gasteiger partial charge >= 0.3 is 0 Å². The first-order chi connectivity index (χ1) is 10.9. The Morgan fingerprint density at radius 1 is 1.39 bits per heavy atom. The summed E-state index contributed by atoms with van der Waals surface area (Å²) in [5, 5.41) is 3.51. The third-order valence-electron chi connectivity index (χ3n) is 3.50. The van der Waals surface area contributed by atoms with Gasteiger partial charge < -0.3 is 10.1 Å². The number of likely N-dealkylation sites (N-methyl/N-ethyl adjacent to an activating group) is 1. The number of carbonyl (C=O) groups is 1. The molecule has 1 N–H and O–H groups in total. The monoisotopic (exact) mass is 333 g/mol. The lowest BCUT2D eigenvalue weighted by molar-refractivity contribution is -0.120. The Labute approximate surface area is 141 Å². The number of rotatable bonds is 5. The van der Waals surface area contributed by atoms with Crippen LogP contribution in [-0.2, 0) is 4.79 Å². The number of methoxy groups -OCH3 is 1. The minimum Gasteiger partial charge on any atom is -0.495 e. The Bertz CT molecular complexity index is 690. The van der Waals surface area contributed by atoms with Gasteiger partial charge in [0.2, 0.25) is 5.91 Å². The van der Waals surface area contributed by atoms with Crippen LogP contribution in [0.5, 0.6) is 5.75 Å². The molecule has 1 unspecified atom stereocenters. The molecule has 0 saturated heterocycles. The molecule has 0 aliphatic carbocycles. The van der Waals surface area contributed by atoms with Crippen LogP contribution < -0.4 is 10.1 Å². The molecule has 2 aromatic rings. The number of benzene rings is 1. The van der Waals surface area contributed by atoms with Gasteiger partial charge in [0, 0.05) is 23.5 Å². The first-order valence-electron chi connectivity index (χ1n) is 7.15. The van der Waals surface area contributed by atoms with Crippen molar-refractivity contribution < 1.29 is 9.53 Å². The molecule has 0 aliphatic rings. The van der Waals surface area contributed by atoms with E-state index in [1.807, 2.05) is 38.1 Å². The molecule has 1 atom stereocenters. The van der Waals surface area contributed by atoms with E-state index in [9.17, 15) is 4.79 Å². The molecule has 0 radical (unpaired) electrons. The van der Waals surface area contributed by atoms with Crippen molar-refractivity contribution in [1.82, 2.24) is 9.88 Å². The largest absolute Gasteiger partial charge is 0.495 e. The average molecular weight is 334 g/mol. The summed E-state index contributed by atoms with van der Waals surface area (Å²) in [6, 6.07) is 6.73. The lowest BCUT2D eigenvalue weighted by Crippen LogP contribution is -2.32. The molecular formula is C17H20ClN3O2. The minimum atomic E-state index is -0.454. The summed E-state index contributed by atoms with van der Waals surface area (Å²) in [5.41, 5.74) is 2.28. The molecule has 1 amide bonds. The van der Waals surface area contributed by atoms with Crippen LogP contribution in [0.15, 0.2) is 36.7 Å². The highest BCUT2D eigenvalue weighted by atomic mass is 35.5. The molecule has 0 fully saturated rings. The van der Waals surface area contributed by atoms with Crippen molar-refractivity contribution in [3.05, 3.63) is 52.8 Å². The fourth-order valence-electron chi connectivity index (χ4n) is 2.35. The number of anilines is 1. The van der Waals surface area contributed by atoms with Crippen molar-refractivity contribution in [2.75, 3.05) is 26.5 Å². The predicted molar refractivity (Wildman–Crippen MR) is 92.0 cm³/mol. The summed E-state index contributed by atoms with van der Waals surface area (Å²) in [7, 11) is 5.24. The van der Waals surface area contributed by atoms with Crippen LogP contribution in [-0.4, -0.2) is 37.0 Å². The number of carbonyl (C=O) groups excluding carboxylic acids is 1. The molecule has 1 heterocycles. The van der Waals surface area contributed by atoms with Crippen LogP contribution in [0.3, 0.4) is 0 Å². The van der Waals surface area contributed by atoms with E-state index in [1.54, 1.807) is 31.6 Å². The first-order valence-corrected chi connectivity index (χ1v) is 7.53. The third kappa shape index (κ3) is 4.00. The van der Waals surface area contributed by atoms with Crippen molar-refractivity contribution >= 4 is 23.2 Å². The van der Waals surface area contributed by atoms with Crippen molar-refractivity contribution in [1.29, 1.82) is 0 Å². The quantitative estimate of drug-likeness (QED) is 0.912. The van der Waals surface area contributed by atoms with Crippen LogP contribution in [0.1, 0.15) is 17.2 Å². The zero-order valence-electron chi connectivity index (χ0n) is 13.6. The molecule has 122 valence electrons. The number of aromatic nitrogens is 1. The van der Waals surface area contributed by atoms with Crippen LogP contribution in [0, 0.1) is 6.92 Å². The topological polar surface area (TPSA) is 54.5 Å². The smallest absolute Gasteiger partial charge is 0.246 e. The summed E-state index contributed by atoms with van der Waals surface area (Å²) in [6.45, 7) is 1.88. The number of hydrogen-bond donors (Lipinski definition) is 1. The molecule has 5 nitrogen and oxygen atoms in total. The predicted octanol–water partition coefficient (Wildman–Crippen LogP) is 3.29. The maximum absolute atomic E-state index is 12.7. The molecule has 0 saturated carbocycles. The molecule has 6 heteroatoms. The van der Waals surface area contributed by atoms with Gasteiger partial charge in [-0.05, 0) is 44.3 Å². The first kappa shape index (κ1) is 17.2. The standard InChI is InChI=1S/C17H20ClN3O2/c1-11-8-14(15(23-4)9-13(11)18)20-17(22)16(21(2)3)12-6-5-7-19-10-12/h5-10,16H,1-4H3,(H,20,22). The number of nitrogens with one attached hydrogen (secondary N) is 1.